The first-order valence-corrected chi connectivity index (χ1v) is 7.10. The van der Waals surface area contributed by atoms with Gasteiger partial charge in [0.15, 0.2) is 0 Å². The Labute approximate surface area is 96.8 Å². The molecule has 0 aromatic heterocycles. The molecule has 1 amide bonds. The Morgan fingerprint density at radius 1 is 1.67 bits per heavy atom. The third-order valence-corrected chi connectivity index (χ3v) is 3.65. The van der Waals surface area contributed by atoms with Crippen molar-refractivity contribution in [2.45, 2.75) is 19.8 Å². The van der Waals surface area contributed by atoms with Gasteiger partial charge in [-0.1, -0.05) is 6.92 Å². The van der Waals surface area contributed by atoms with Gasteiger partial charge in [0.05, 0.1) is 5.92 Å². The van der Waals surface area contributed by atoms with Crippen molar-refractivity contribution in [1.82, 2.24) is 10.6 Å². The predicted molar refractivity (Wildman–Crippen MR) is 66.1 cm³/mol. The molecule has 0 spiro atoms. The van der Waals surface area contributed by atoms with Gasteiger partial charge < -0.3 is 10.6 Å². The summed E-state index contributed by atoms with van der Waals surface area (Å²) in [4.78, 5) is 11.7. The van der Waals surface area contributed by atoms with Gasteiger partial charge in [-0.25, -0.2) is 0 Å². The molecule has 0 bridgehead atoms. The van der Waals surface area contributed by atoms with Crippen molar-refractivity contribution in [1.29, 1.82) is 0 Å². The van der Waals surface area contributed by atoms with Crippen molar-refractivity contribution >= 4 is 17.7 Å². The van der Waals surface area contributed by atoms with Crippen molar-refractivity contribution < 1.29 is 4.79 Å². The molecule has 0 aromatic rings. The lowest BCUT2D eigenvalue weighted by Crippen LogP contribution is -2.41. The Bertz CT molecular complexity index is 193. The fraction of sp³-hybridized carbons (Fsp3) is 0.909. The number of carbonyl (C=O) groups is 1. The summed E-state index contributed by atoms with van der Waals surface area (Å²) in [6, 6.07) is 0. The lowest BCUT2D eigenvalue weighted by molar-refractivity contribution is -0.125. The summed E-state index contributed by atoms with van der Waals surface area (Å²) in [6.07, 6.45) is 4.26. The second-order valence-electron chi connectivity index (χ2n) is 4.35. The molecule has 0 saturated carbocycles. The molecule has 0 aromatic carbocycles. The Kier molecular flexibility index (Phi) is 6.10. The van der Waals surface area contributed by atoms with Crippen LogP contribution in [0.4, 0.5) is 0 Å². The quantitative estimate of drug-likeness (QED) is 0.743. The minimum absolute atomic E-state index is 0.195. The van der Waals surface area contributed by atoms with Crippen molar-refractivity contribution in [3.05, 3.63) is 0 Å². The highest BCUT2D eigenvalue weighted by Gasteiger charge is 2.20. The van der Waals surface area contributed by atoms with Crippen LogP contribution in [0.2, 0.25) is 0 Å². The summed E-state index contributed by atoms with van der Waals surface area (Å²) < 4.78 is 0. The van der Waals surface area contributed by atoms with E-state index in [4.69, 9.17) is 0 Å². The van der Waals surface area contributed by atoms with Crippen LogP contribution >= 0.6 is 11.8 Å². The van der Waals surface area contributed by atoms with Gasteiger partial charge in [0, 0.05) is 13.1 Å². The third-order valence-electron chi connectivity index (χ3n) is 2.74. The summed E-state index contributed by atoms with van der Waals surface area (Å²) in [5.74, 6) is 2.11. The second kappa shape index (κ2) is 7.12. The zero-order valence-electron chi connectivity index (χ0n) is 9.71. The maximum Gasteiger partial charge on any atom is 0.224 e. The van der Waals surface area contributed by atoms with Crippen LogP contribution in [0.25, 0.3) is 0 Å². The van der Waals surface area contributed by atoms with E-state index in [-0.39, 0.29) is 11.8 Å². The van der Waals surface area contributed by atoms with E-state index in [9.17, 15) is 4.79 Å². The Balaban J connectivity index is 2.16. The minimum atomic E-state index is 0.195. The lowest BCUT2D eigenvalue weighted by Gasteiger charge is -2.22. The van der Waals surface area contributed by atoms with Gasteiger partial charge in [-0.15, -0.1) is 0 Å². The monoisotopic (exact) mass is 230 g/mol. The third kappa shape index (κ3) is 4.89. The minimum Gasteiger partial charge on any atom is -0.356 e. The highest BCUT2D eigenvalue weighted by molar-refractivity contribution is 7.98. The summed E-state index contributed by atoms with van der Waals surface area (Å²) in [7, 11) is 0. The molecule has 1 heterocycles. The van der Waals surface area contributed by atoms with Crippen LogP contribution in [-0.2, 0) is 4.79 Å². The largest absolute Gasteiger partial charge is 0.356 e. The molecule has 0 aliphatic carbocycles. The Hall–Kier alpha value is -0.220. The number of amides is 1. The molecule has 0 radical (unpaired) electrons. The van der Waals surface area contributed by atoms with Crippen LogP contribution in [0.1, 0.15) is 19.8 Å². The molecule has 1 fully saturated rings. The SMILES string of the molecule is CSCC(C)CNC(=O)[C@@H]1CCCNC1. The van der Waals surface area contributed by atoms with E-state index >= 15 is 0 Å². The normalized spacial score (nSPS) is 23.5. The standard InChI is InChI=1S/C11H22N2OS/c1-9(8-15-2)6-13-11(14)10-4-3-5-12-7-10/h9-10,12H,3-8H2,1-2H3,(H,13,14)/t9?,10-/m1/s1. The lowest BCUT2D eigenvalue weighted by atomic mass is 9.99. The van der Waals surface area contributed by atoms with Gasteiger partial charge in [-0.2, -0.15) is 11.8 Å². The van der Waals surface area contributed by atoms with Crippen molar-refractivity contribution in [3.63, 3.8) is 0 Å². The molecule has 1 aliphatic heterocycles. The van der Waals surface area contributed by atoms with Crippen LogP contribution in [0.15, 0.2) is 0 Å². The fourth-order valence-electron chi connectivity index (χ4n) is 1.84. The maximum atomic E-state index is 11.7. The number of piperidine rings is 1. The molecular formula is C11H22N2OS. The van der Waals surface area contributed by atoms with Crippen LogP contribution in [-0.4, -0.2) is 37.6 Å². The maximum absolute atomic E-state index is 11.7. The number of hydrogen-bond acceptors (Lipinski definition) is 3. The number of hydrogen-bond donors (Lipinski definition) is 2. The first-order chi connectivity index (χ1) is 7.24. The fourth-order valence-corrected chi connectivity index (χ4v) is 2.53. The summed E-state index contributed by atoms with van der Waals surface area (Å²) in [5, 5.41) is 6.31. The van der Waals surface area contributed by atoms with Crippen LogP contribution in [0.3, 0.4) is 0 Å². The van der Waals surface area contributed by atoms with Gasteiger partial charge in [0.25, 0.3) is 0 Å². The molecule has 2 atom stereocenters. The van der Waals surface area contributed by atoms with Crippen LogP contribution in [0, 0.1) is 11.8 Å². The zero-order chi connectivity index (χ0) is 11.1. The summed E-state index contributed by atoms with van der Waals surface area (Å²) in [5.41, 5.74) is 0. The van der Waals surface area contributed by atoms with Crippen molar-refractivity contribution in [2.24, 2.45) is 11.8 Å². The van der Waals surface area contributed by atoms with E-state index in [1.807, 2.05) is 11.8 Å². The van der Waals surface area contributed by atoms with E-state index in [2.05, 4.69) is 23.8 Å². The predicted octanol–water partition coefficient (Wildman–Crippen LogP) is 1.10. The van der Waals surface area contributed by atoms with E-state index in [1.165, 1.54) is 0 Å². The van der Waals surface area contributed by atoms with Crippen LogP contribution in [0.5, 0.6) is 0 Å². The number of carbonyl (C=O) groups excluding carboxylic acids is 1. The molecule has 1 rings (SSSR count). The smallest absolute Gasteiger partial charge is 0.224 e. The number of rotatable bonds is 5. The molecule has 15 heavy (non-hydrogen) atoms. The molecule has 88 valence electrons. The van der Waals surface area contributed by atoms with E-state index < -0.39 is 0 Å². The van der Waals surface area contributed by atoms with Gasteiger partial charge >= 0.3 is 0 Å². The van der Waals surface area contributed by atoms with Crippen LogP contribution < -0.4 is 10.6 Å². The zero-order valence-corrected chi connectivity index (χ0v) is 10.5. The Morgan fingerprint density at radius 3 is 3.07 bits per heavy atom. The molecule has 1 aliphatic rings. The highest BCUT2D eigenvalue weighted by atomic mass is 32.2. The Morgan fingerprint density at radius 2 is 2.47 bits per heavy atom. The van der Waals surface area contributed by atoms with Crippen molar-refractivity contribution in [2.75, 3.05) is 31.6 Å². The summed E-state index contributed by atoms with van der Waals surface area (Å²) >= 11 is 1.83. The molecule has 1 saturated heterocycles. The van der Waals surface area contributed by atoms with E-state index in [0.717, 1.165) is 38.2 Å². The molecule has 4 heteroatoms. The average molecular weight is 230 g/mol. The van der Waals surface area contributed by atoms with E-state index in [1.54, 1.807) is 0 Å². The topological polar surface area (TPSA) is 41.1 Å². The van der Waals surface area contributed by atoms with E-state index in [0.29, 0.717) is 5.92 Å². The van der Waals surface area contributed by atoms with Gasteiger partial charge in [-0.3, -0.25) is 4.79 Å². The van der Waals surface area contributed by atoms with Gasteiger partial charge in [0.2, 0.25) is 5.91 Å². The first kappa shape index (κ1) is 12.8. The summed E-state index contributed by atoms with van der Waals surface area (Å²) in [6.45, 7) is 4.90. The molecular weight excluding hydrogens is 208 g/mol. The van der Waals surface area contributed by atoms with Gasteiger partial charge in [0.1, 0.15) is 0 Å². The number of nitrogens with one attached hydrogen (secondary N) is 2. The molecule has 1 unspecified atom stereocenters. The van der Waals surface area contributed by atoms with Gasteiger partial charge in [-0.05, 0) is 37.3 Å². The molecule has 2 N–H and O–H groups in total. The number of thioether (sulfide) groups is 1. The molecule has 3 nitrogen and oxygen atoms in total. The second-order valence-corrected chi connectivity index (χ2v) is 5.26. The first-order valence-electron chi connectivity index (χ1n) is 5.71. The highest BCUT2D eigenvalue weighted by Crippen LogP contribution is 2.10. The van der Waals surface area contributed by atoms with Crippen molar-refractivity contribution in [3.8, 4) is 0 Å². The average Bonchev–Trinajstić information content (AvgIpc) is 2.27.